The topological polar surface area (TPSA) is 115 Å². The van der Waals surface area contributed by atoms with E-state index in [1.807, 2.05) is 36.5 Å². The van der Waals surface area contributed by atoms with Crippen LogP contribution >= 0.6 is 0 Å². The van der Waals surface area contributed by atoms with Crippen LogP contribution in [-0.4, -0.2) is 50.8 Å². The lowest BCUT2D eigenvalue weighted by Gasteiger charge is -2.19. The quantitative estimate of drug-likeness (QED) is 0.274. The van der Waals surface area contributed by atoms with Gasteiger partial charge in [-0.3, -0.25) is 19.8 Å². The summed E-state index contributed by atoms with van der Waals surface area (Å²) in [7, 11) is 3.56. The van der Waals surface area contributed by atoms with Crippen molar-refractivity contribution in [2.45, 2.75) is 31.8 Å². The van der Waals surface area contributed by atoms with Gasteiger partial charge in [-0.2, -0.15) is 0 Å². The lowest BCUT2D eigenvalue weighted by molar-refractivity contribution is -0.384. The number of likely N-dealkylation sites (N-methyl/N-ethyl adjacent to an activating group) is 1. The molecule has 9 nitrogen and oxygen atoms in total. The molecule has 0 radical (unpaired) electrons. The van der Waals surface area contributed by atoms with Crippen molar-refractivity contribution >= 4 is 22.6 Å². The van der Waals surface area contributed by atoms with E-state index in [-0.39, 0.29) is 5.69 Å². The second-order valence-electron chi connectivity index (χ2n) is 8.47. The highest BCUT2D eigenvalue weighted by Crippen LogP contribution is 2.25. The van der Waals surface area contributed by atoms with E-state index >= 15 is 0 Å². The molecule has 0 aliphatic carbocycles. The average Bonchev–Trinajstić information content (AvgIpc) is 3.42. The van der Waals surface area contributed by atoms with Crippen molar-refractivity contribution in [1.82, 2.24) is 14.6 Å². The zero-order valence-electron chi connectivity index (χ0n) is 19.0. The van der Waals surface area contributed by atoms with Gasteiger partial charge in [-0.05, 0) is 44.3 Å². The van der Waals surface area contributed by atoms with Crippen LogP contribution in [-0.2, 0) is 24.2 Å². The summed E-state index contributed by atoms with van der Waals surface area (Å²) in [5.74, 6) is -0.0976. The number of aliphatic carboxylic acids is 1. The van der Waals surface area contributed by atoms with Crippen LogP contribution in [0.15, 0.2) is 65.3 Å². The van der Waals surface area contributed by atoms with Gasteiger partial charge in [0.1, 0.15) is 17.5 Å². The van der Waals surface area contributed by atoms with Crippen LogP contribution in [0.25, 0.3) is 22.2 Å². The van der Waals surface area contributed by atoms with Gasteiger partial charge in [0.2, 0.25) is 0 Å². The number of hydrogen-bond acceptors (Lipinski definition) is 6. The molecule has 0 unspecified atom stereocenters. The molecule has 0 saturated heterocycles. The maximum Gasteiger partial charge on any atom is 0.321 e. The third-order valence-corrected chi connectivity index (χ3v) is 5.95. The number of carboxylic acid groups (broad SMARTS) is 1. The predicted octanol–water partition coefficient (Wildman–Crippen LogP) is 4.39. The fraction of sp³-hybridized carbons (Fsp3) is 0.280. The van der Waals surface area contributed by atoms with E-state index in [9.17, 15) is 20.0 Å². The number of benzene rings is 2. The Labute approximate surface area is 196 Å². The number of nitro groups is 1. The first-order valence-corrected chi connectivity index (χ1v) is 11.0. The van der Waals surface area contributed by atoms with Crippen LogP contribution in [0.5, 0.6) is 0 Å². The van der Waals surface area contributed by atoms with Crippen molar-refractivity contribution in [1.29, 1.82) is 0 Å². The minimum Gasteiger partial charge on any atom is -0.480 e. The molecule has 4 aromatic rings. The van der Waals surface area contributed by atoms with E-state index in [1.54, 1.807) is 31.1 Å². The lowest BCUT2D eigenvalue weighted by Crippen LogP contribution is -2.37. The maximum atomic E-state index is 11.7. The number of nitrogens with zero attached hydrogens (tertiary/aromatic N) is 4. The van der Waals surface area contributed by atoms with Crippen LogP contribution in [0.1, 0.15) is 17.7 Å². The number of fused-ring (bicyclic) bond motifs is 1. The molecule has 0 saturated carbocycles. The van der Waals surface area contributed by atoms with Crippen molar-refractivity contribution in [3.63, 3.8) is 0 Å². The minimum absolute atomic E-state index is 0.0334. The average molecular weight is 463 g/mol. The molecule has 0 amide bonds. The number of aryl methyl sites for hydroxylation is 2. The molecule has 0 aliphatic heterocycles. The second-order valence-corrected chi connectivity index (χ2v) is 8.47. The van der Waals surface area contributed by atoms with E-state index in [1.165, 1.54) is 12.1 Å². The minimum atomic E-state index is -0.837. The molecule has 176 valence electrons. The van der Waals surface area contributed by atoms with Crippen LogP contribution in [0.4, 0.5) is 5.69 Å². The highest BCUT2D eigenvalue weighted by Gasteiger charge is 2.22. The van der Waals surface area contributed by atoms with Gasteiger partial charge < -0.3 is 14.2 Å². The summed E-state index contributed by atoms with van der Waals surface area (Å²) in [5.41, 5.74) is 3.52. The molecule has 0 aliphatic rings. The van der Waals surface area contributed by atoms with Gasteiger partial charge in [-0.25, -0.2) is 0 Å². The molecule has 1 atom stereocenters. The molecule has 4 rings (SSSR count). The monoisotopic (exact) mass is 462 g/mol. The molecule has 34 heavy (non-hydrogen) atoms. The summed E-state index contributed by atoms with van der Waals surface area (Å²) in [6, 6.07) is 15.5. The summed E-state index contributed by atoms with van der Waals surface area (Å²) in [5, 5.41) is 25.6. The number of carbonyl (C=O) groups is 1. The highest BCUT2D eigenvalue weighted by atomic mass is 16.6. The Morgan fingerprint density at radius 1 is 1.21 bits per heavy atom. The molecular formula is C25H26N4O5. The van der Waals surface area contributed by atoms with Crippen LogP contribution in [0.3, 0.4) is 0 Å². The van der Waals surface area contributed by atoms with Gasteiger partial charge in [0.15, 0.2) is 0 Å². The number of hydrogen-bond donors (Lipinski definition) is 1. The third-order valence-electron chi connectivity index (χ3n) is 5.95. The summed E-state index contributed by atoms with van der Waals surface area (Å²) in [4.78, 5) is 23.8. The first kappa shape index (κ1) is 23.2. The first-order valence-electron chi connectivity index (χ1n) is 11.0. The SMILES string of the molecule is CN(C)[C@@H](Cc1cn(CCCc2cc(-c3ccc([N+](=O)[O-])cc3)no2)c2ccccc12)C(=O)O. The van der Waals surface area contributed by atoms with Crippen molar-refractivity contribution in [3.05, 3.63) is 82.2 Å². The van der Waals surface area contributed by atoms with Crippen molar-refractivity contribution in [2.75, 3.05) is 14.1 Å². The lowest BCUT2D eigenvalue weighted by atomic mass is 10.0. The Morgan fingerprint density at radius 3 is 2.62 bits per heavy atom. The molecule has 2 heterocycles. The predicted molar refractivity (Wildman–Crippen MR) is 128 cm³/mol. The van der Waals surface area contributed by atoms with E-state index in [0.29, 0.717) is 18.5 Å². The largest absolute Gasteiger partial charge is 0.480 e. The van der Waals surface area contributed by atoms with E-state index < -0.39 is 16.9 Å². The zero-order valence-corrected chi connectivity index (χ0v) is 19.0. The van der Waals surface area contributed by atoms with Gasteiger partial charge in [0.05, 0.1) is 4.92 Å². The Bertz CT molecular complexity index is 1310. The Balaban J connectivity index is 1.44. The van der Waals surface area contributed by atoms with Gasteiger partial charge >= 0.3 is 5.97 Å². The number of nitro benzene ring substituents is 1. The molecule has 0 bridgehead atoms. The van der Waals surface area contributed by atoms with E-state index in [0.717, 1.165) is 40.8 Å². The zero-order chi connectivity index (χ0) is 24.2. The smallest absolute Gasteiger partial charge is 0.321 e. The summed E-state index contributed by atoms with van der Waals surface area (Å²) in [6.07, 6.45) is 3.96. The van der Waals surface area contributed by atoms with Crippen LogP contribution < -0.4 is 0 Å². The molecular weight excluding hydrogens is 436 g/mol. The summed E-state index contributed by atoms with van der Waals surface area (Å²) in [6.45, 7) is 0.744. The van der Waals surface area contributed by atoms with Gasteiger partial charge in [-0.1, -0.05) is 23.4 Å². The van der Waals surface area contributed by atoms with Crippen molar-refractivity contribution in [2.24, 2.45) is 0 Å². The molecule has 2 aromatic heterocycles. The van der Waals surface area contributed by atoms with E-state index in [4.69, 9.17) is 4.52 Å². The van der Waals surface area contributed by atoms with Crippen molar-refractivity contribution in [3.8, 4) is 11.3 Å². The highest BCUT2D eigenvalue weighted by molar-refractivity contribution is 5.85. The van der Waals surface area contributed by atoms with Crippen LogP contribution in [0, 0.1) is 10.1 Å². The number of non-ortho nitro benzene ring substituents is 1. The van der Waals surface area contributed by atoms with Crippen LogP contribution in [0.2, 0.25) is 0 Å². The Kier molecular flexibility index (Phi) is 6.74. The number of aromatic nitrogens is 2. The molecule has 1 N–H and O–H groups in total. The summed E-state index contributed by atoms with van der Waals surface area (Å²) < 4.78 is 7.63. The molecule has 9 heteroatoms. The maximum absolute atomic E-state index is 11.7. The molecule has 0 spiro atoms. The third kappa shape index (κ3) is 4.99. The van der Waals surface area contributed by atoms with E-state index in [2.05, 4.69) is 9.72 Å². The number of rotatable bonds is 10. The van der Waals surface area contributed by atoms with Gasteiger partial charge in [0.25, 0.3) is 5.69 Å². The fourth-order valence-electron chi connectivity index (χ4n) is 4.11. The van der Waals surface area contributed by atoms with Crippen molar-refractivity contribution < 1.29 is 19.3 Å². The molecule has 2 aromatic carbocycles. The first-order chi connectivity index (χ1) is 16.3. The normalized spacial score (nSPS) is 12.3. The second kappa shape index (κ2) is 9.88. The molecule has 0 fully saturated rings. The fourth-order valence-corrected chi connectivity index (χ4v) is 4.11. The standard InChI is InChI=1S/C25H26N4O5/c1-27(2)24(25(30)31)14-18-16-28(23-8-4-3-7-21(18)23)13-5-6-20-15-22(26-34-20)17-9-11-19(12-10-17)29(32)33/h3-4,7-12,15-16,24H,5-6,13-14H2,1-2H3,(H,30,31)/t24-/m0/s1. The Morgan fingerprint density at radius 2 is 1.94 bits per heavy atom. The Hall–Kier alpha value is -3.98. The number of para-hydroxylation sites is 1. The number of carboxylic acids is 1. The van der Waals surface area contributed by atoms with Gasteiger partial charge in [0, 0.05) is 60.2 Å². The van der Waals surface area contributed by atoms with Gasteiger partial charge in [-0.15, -0.1) is 0 Å². The summed E-state index contributed by atoms with van der Waals surface area (Å²) >= 11 is 0.